The van der Waals surface area contributed by atoms with Gasteiger partial charge in [-0.05, 0) is 49.6 Å². The molecular weight excluding hydrogens is 396 g/mol. The van der Waals surface area contributed by atoms with Crippen LogP contribution in [0.2, 0.25) is 0 Å². The van der Waals surface area contributed by atoms with Crippen molar-refractivity contribution in [2.75, 3.05) is 16.8 Å². The van der Waals surface area contributed by atoms with Gasteiger partial charge in [0, 0.05) is 41.0 Å². The summed E-state index contributed by atoms with van der Waals surface area (Å²) in [6.45, 7) is 6.44. The van der Waals surface area contributed by atoms with Crippen LogP contribution in [-0.4, -0.2) is 28.3 Å². The summed E-state index contributed by atoms with van der Waals surface area (Å²) in [4.78, 5) is 35.7. The highest BCUT2D eigenvalue weighted by atomic mass is 32.1. The lowest BCUT2D eigenvalue weighted by Crippen LogP contribution is -2.38. The normalized spacial score (nSPS) is 13.3. The van der Waals surface area contributed by atoms with E-state index < -0.39 is 0 Å². The van der Waals surface area contributed by atoms with Crippen molar-refractivity contribution >= 4 is 34.0 Å². The number of nitrogens with zero attached hydrogens (tertiary/aromatic N) is 3. The van der Waals surface area contributed by atoms with Crippen LogP contribution in [0.25, 0.3) is 11.3 Å². The van der Waals surface area contributed by atoms with Gasteiger partial charge in [0.1, 0.15) is 0 Å². The first-order chi connectivity index (χ1) is 14.4. The van der Waals surface area contributed by atoms with Gasteiger partial charge in [0.25, 0.3) is 5.91 Å². The topological polar surface area (TPSA) is 75.2 Å². The molecule has 1 aliphatic heterocycles. The summed E-state index contributed by atoms with van der Waals surface area (Å²) in [5.41, 5.74) is 5.19. The first kappa shape index (κ1) is 20.2. The van der Waals surface area contributed by atoms with E-state index in [0.29, 0.717) is 16.4 Å². The molecule has 7 heteroatoms. The number of carbonyl (C=O) groups is 2. The molecule has 6 nitrogen and oxygen atoms in total. The molecule has 2 amide bonds. The van der Waals surface area contributed by atoms with Crippen molar-refractivity contribution in [1.29, 1.82) is 0 Å². The molecule has 0 atom stereocenters. The van der Waals surface area contributed by atoms with Crippen LogP contribution >= 0.6 is 11.3 Å². The van der Waals surface area contributed by atoms with E-state index in [1.54, 1.807) is 18.3 Å². The fourth-order valence-corrected chi connectivity index (χ4v) is 4.36. The third-order valence-electron chi connectivity index (χ3n) is 5.23. The lowest BCUT2D eigenvalue weighted by Gasteiger charge is -2.31. The number of nitrogens with one attached hydrogen (secondary N) is 1. The molecule has 0 unspecified atom stereocenters. The van der Waals surface area contributed by atoms with Gasteiger partial charge in [0.2, 0.25) is 5.91 Å². The largest absolute Gasteiger partial charge is 0.312 e. The van der Waals surface area contributed by atoms with E-state index in [4.69, 9.17) is 0 Å². The molecule has 0 radical (unpaired) electrons. The third kappa shape index (κ3) is 3.98. The van der Waals surface area contributed by atoms with E-state index in [0.717, 1.165) is 41.9 Å². The Labute approximate surface area is 180 Å². The zero-order valence-electron chi connectivity index (χ0n) is 17.3. The first-order valence-electron chi connectivity index (χ1n) is 10.1. The minimum absolute atomic E-state index is 0.0243. The van der Waals surface area contributed by atoms with Crippen molar-refractivity contribution in [3.8, 4) is 11.3 Å². The minimum Gasteiger partial charge on any atom is -0.312 e. The molecule has 4 rings (SSSR count). The SMILES string of the molecule is Cc1ncccc1C(=O)Nc1nc(-c2ccc3c(c2)CCCN3C(=O)C(C)C)cs1. The number of hydrogen-bond donors (Lipinski definition) is 1. The van der Waals surface area contributed by atoms with Crippen LogP contribution < -0.4 is 10.2 Å². The smallest absolute Gasteiger partial charge is 0.259 e. The molecule has 3 aromatic rings. The highest BCUT2D eigenvalue weighted by Gasteiger charge is 2.24. The zero-order valence-corrected chi connectivity index (χ0v) is 18.1. The van der Waals surface area contributed by atoms with Crippen molar-refractivity contribution in [2.45, 2.75) is 33.6 Å². The Bertz CT molecular complexity index is 1110. The molecule has 0 fully saturated rings. The number of thiazole rings is 1. The van der Waals surface area contributed by atoms with Gasteiger partial charge in [-0.25, -0.2) is 4.98 Å². The van der Waals surface area contributed by atoms with Gasteiger partial charge >= 0.3 is 0 Å². The van der Waals surface area contributed by atoms with Crippen LogP contribution in [0.5, 0.6) is 0 Å². The minimum atomic E-state index is -0.213. The van der Waals surface area contributed by atoms with E-state index >= 15 is 0 Å². The maximum absolute atomic E-state index is 12.5. The molecule has 154 valence electrons. The summed E-state index contributed by atoms with van der Waals surface area (Å²) >= 11 is 1.39. The second kappa shape index (κ2) is 8.36. The molecule has 30 heavy (non-hydrogen) atoms. The predicted octanol–water partition coefficient (Wildman–Crippen LogP) is 4.70. The van der Waals surface area contributed by atoms with Gasteiger partial charge in [-0.2, -0.15) is 0 Å². The summed E-state index contributed by atoms with van der Waals surface area (Å²) in [6, 6.07) is 9.62. The summed E-state index contributed by atoms with van der Waals surface area (Å²) in [7, 11) is 0. The Morgan fingerprint density at radius 2 is 2.07 bits per heavy atom. The van der Waals surface area contributed by atoms with E-state index in [-0.39, 0.29) is 17.7 Å². The number of amides is 2. The molecule has 1 aliphatic rings. The van der Waals surface area contributed by atoms with Crippen LogP contribution in [0, 0.1) is 12.8 Å². The van der Waals surface area contributed by atoms with E-state index in [1.165, 1.54) is 11.3 Å². The number of pyridine rings is 1. The molecule has 2 aromatic heterocycles. The van der Waals surface area contributed by atoms with Crippen molar-refractivity contribution < 1.29 is 9.59 Å². The lowest BCUT2D eigenvalue weighted by atomic mass is 9.97. The molecule has 0 saturated carbocycles. The highest BCUT2D eigenvalue weighted by Crippen LogP contribution is 2.33. The fourth-order valence-electron chi connectivity index (χ4n) is 3.65. The maximum Gasteiger partial charge on any atom is 0.259 e. The van der Waals surface area contributed by atoms with Crippen LogP contribution in [0.1, 0.15) is 41.9 Å². The van der Waals surface area contributed by atoms with Gasteiger partial charge in [-0.15, -0.1) is 11.3 Å². The molecular formula is C23H24N4O2S. The molecule has 3 heterocycles. The van der Waals surface area contributed by atoms with Gasteiger partial charge in [0.15, 0.2) is 5.13 Å². The number of fused-ring (bicyclic) bond motifs is 1. The molecule has 1 N–H and O–H groups in total. The summed E-state index contributed by atoms with van der Waals surface area (Å²) < 4.78 is 0. The maximum atomic E-state index is 12.5. The van der Waals surface area contributed by atoms with Crippen molar-refractivity contribution in [2.24, 2.45) is 5.92 Å². The second-order valence-electron chi connectivity index (χ2n) is 7.72. The summed E-state index contributed by atoms with van der Waals surface area (Å²) in [6.07, 6.45) is 3.57. The quantitative estimate of drug-likeness (QED) is 0.664. The Balaban J connectivity index is 1.55. The van der Waals surface area contributed by atoms with Crippen LogP contribution in [0.3, 0.4) is 0 Å². The third-order valence-corrected chi connectivity index (χ3v) is 5.99. The number of hydrogen-bond acceptors (Lipinski definition) is 5. The van der Waals surface area contributed by atoms with Gasteiger partial charge in [-0.3, -0.25) is 19.9 Å². The predicted molar refractivity (Wildman–Crippen MR) is 120 cm³/mol. The van der Waals surface area contributed by atoms with Crippen molar-refractivity contribution in [3.63, 3.8) is 0 Å². The van der Waals surface area contributed by atoms with Gasteiger partial charge in [-0.1, -0.05) is 19.9 Å². The van der Waals surface area contributed by atoms with Gasteiger partial charge < -0.3 is 4.90 Å². The highest BCUT2D eigenvalue weighted by molar-refractivity contribution is 7.14. The molecule has 0 saturated heterocycles. The number of benzene rings is 1. The molecule has 1 aromatic carbocycles. The Hall–Kier alpha value is -3.06. The lowest BCUT2D eigenvalue weighted by molar-refractivity contribution is -0.121. The van der Waals surface area contributed by atoms with E-state index in [2.05, 4.69) is 21.4 Å². The van der Waals surface area contributed by atoms with E-state index in [1.807, 2.05) is 43.2 Å². The summed E-state index contributed by atoms with van der Waals surface area (Å²) in [5, 5.41) is 5.35. The van der Waals surface area contributed by atoms with Gasteiger partial charge in [0.05, 0.1) is 11.3 Å². The van der Waals surface area contributed by atoms with Crippen molar-refractivity contribution in [1.82, 2.24) is 9.97 Å². The average Bonchev–Trinajstić information content (AvgIpc) is 3.21. The Morgan fingerprint density at radius 1 is 1.23 bits per heavy atom. The second-order valence-corrected chi connectivity index (χ2v) is 8.58. The van der Waals surface area contributed by atoms with E-state index in [9.17, 15) is 9.59 Å². The Kier molecular flexibility index (Phi) is 5.63. The average molecular weight is 421 g/mol. The summed E-state index contributed by atoms with van der Waals surface area (Å²) in [5.74, 6) is -0.0772. The molecule has 0 bridgehead atoms. The fraction of sp³-hybridized carbons (Fsp3) is 0.304. The zero-order chi connectivity index (χ0) is 21.3. The van der Waals surface area contributed by atoms with Crippen LogP contribution in [0.15, 0.2) is 41.9 Å². The molecule has 0 spiro atoms. The number of aromatic nitrogens is 2. The van der Waals surface area contributed by atoms with Crippen LogP contribution in [-0.2, 0) is 11.2 Å². The van der Waals surface area contributed by atoms with Crippen LogP contribution in [0.4, 0.5) is 10.8 Å². The number of aryl methyl sites for hydroxylation is 2. The molecule has 0 aliphatic carbocycles. The standard InChI is InChI=1S/C23H24N4O2S/c1-14(2)22(29)27-11-5-6-17-12-16(8-9-20(17)27)19-13-30-23(25-19)26-21(28)18-7-4-10-24-15(18)3/h4,7-10,12-14H,5-6,11H2,1-3H3,(H,25,26,28). The Morgan fingerprint density at radius 3 is 2.83 bits per heavy atom. The number of anilines is 2. The number of rotatable bonds is 4. The number of carbonyl (C=O) groups excluding carboxylic acids is 2. The van der Waals surface area contributed by atoms with Crippen molar-refractivity contribution in [3.05, 3.63) is 58.7 Å². The first-order valence-corrected chi connectivity index (χ1v) is 10.9. The monoisotopic (exact) mass is 420 g/mol.